The third-order valence-electron chi connectivity index (χ3n) is 9.58. The number of hydrogen-bond donors (Lipinski definition) is 1. The van der Waals surface area contributed by atoms with Crippen molar-refractivity contribution < 1.29 is 28.4 Å². The summed E-state index contributed by atoms with van der Waals surface area (Å²) in [7, 11) is 1.66. The number of aromatic nitrogens is 7. The minimum Gasteiger partial charge on any atom is -0.487 e. The van der Waals surface area contributed by atoms with E-state index in [2.05, 4.69) is 48.8 Å². The first-order chi connectivity index (χ1) is 26.3. The molecule has 1 aliphatic heterocycles. The van der Waals surface area contributed by atoms with Gasteiger partial charge in [0.2, 0.25) is 5.95 Å². The number of rotatable bonds is 20. The fourth-order valence-corrected chi connectivity index (χ4v) is 7.19. The van der Waals surface area contributed by atoms with Crippen LogP contribution in [0.5, 0.6) is 11.6 Å². The molecule has 0 amide bonds. The number of ether oxygens (including phenoxy) is 6. The smallest absolute Gasteiger partial charge is 0.256 e. The predicted octanol–water partition coefficient (Wildman–Crippen LogP) is 5.84. The van der Waals surface area contributed by atoms with Crippen molar-refractivity contribution in [2.24, 2.45) is 0 Å². The third kappa shape index (κ3) is 11.6. The first-order valence-corrected chi connectivity index (χ1v) is 19.4. The van der Waals surface area contributed by atoms with Gasteiger partial charge in [0, 0.05) is 57.2 Å². The molecule has 1 N–H and O–H groups in total. The largest absolute Gasteiger partial charge is 0.487 e. The van der Waals surface area contributed by atoms with Gasteiger partial charge in [-0.25, -0.2) is 19.6 Å². The third-order valence-corrected chi connectivity index (χ3v) is 9.89. The topological polar surface area (TPSA) is 145 Å². The normalized spacial score (nSPS) is 21.2. The molecule has 0 spiro atoms. The van der Waals surface area contributed by atoms with E-state index in [-0.39, 0.29) is 24.4 Å². The molecular weight excluding hydrogens is 714 g/mol. The van der Waals surface area contributed by atoms with E-state index in [0.717, 1.165) is 55.6 Å². The van der Waals surface area contributed by atoms with Gasteiger partial charge in [0.05, 0.1) is 69.0 Å². The van der Waals surface area contributed by atoms with Crippen molar-refractivity contribution in [1.82, 2.24) is 39.4 Å². The molecule has 4 aromatic rings. The standard InChI is InChI=1S/C38H54ClN9O6/c1-27-21-46(22-28(2)53-27)32-7-9-33(10-8-32)48-24-35(37(45-48)52-13-5-12-50-16-17-51-15-14-49-4)44-38-41-19-31(20-42-38)30-6-11-34(39)36(18-30)54-29(3)23-47-26-40-25-43-47/h6,11,18-20,24-29,32-33H,5,7-10,12-17,21-23H2,1-4H3,(H,41,42,44)/t27-,28+,29?,32?,33?. The van der Waals surface area contributed by atoms with Crippen LogP contribution in [-0.2, 0) is 25.5 Å². The summed E-state index contributed by atoms with van der Waals surface area (Å²) >= 11 is 6.50. The zero-order valence-electron chi connectivity index (χ0n) is 31.8. The van der Waals surface area contributed by atoms with E-state index >= 15 is 0 Å². The van der Waals surface area contributed by atoms with Crippen molar-refractivity contribution in [1.29, 1.82) is 0 Å². The van der Waals surface area contributed by atoms with Gasteiger partial charge in [0.1, 0.15) is 30.2 Å². The Balaban J connectivity index is 1.08. The van der Waals surface area contributed by atoms with Gasteiger partial charge in [0.15, 0.2) is 0 Å². The number of benzene rings is 1. The molecule has 1 unspecified atom stereocenters. The van der Waals surface area contributed by atoms with E-state index in [0.29, 0.717) is 81.2 Å². The molecule has 0 bridgehead atoms. The van der Waals surface area contributed by atoms with Gasteiger partial charge in [-0.05, 0) is 64.2 Å². The number of nitrogens with zero attached hydrogens (tertiary/aromatic N) is 8. The molecule has 4 heterocycles. The lowest BCUT2D eigenvalue weighted by Crippen LogP contribution is -2.51. The second-order valence-corrected chi connectivity index (χ2v) is 14.4. The predicted molar refractivity (Wildman–Crippen MR) is 205 cm³/mol. The average molecular weight is 768 g/mol. The van der Waals surface area contributed by atoms with Crippen molar-refractivity contribution in [2.45, 2.75) is 89.8 Å². The fourth-order valence-electron chi connectivity index (χ4n) is 7.03. The summed E-state index contributed by atoms with van der Waals surface area (Å²) in [5.74, 6) is 1.52. The van der Waals surface area contributed by atoms with Crippen LogP contribution in [0, 0.1) is 0 Å². The molecule has 1 aromatic carbocycles. The van der Waals surface area contributed by atoms with Crippen LogP contribution in [0.4, 0.5) is 11.6 Å². The van der Waals surface area contributed by atoms with E-state index in [4.69, 9.17) is 45.1 Å². The van der Waals surface area contributed by atoms with E-state index in [1.54, 1.807) is 30.5 Å². The number of morpholine rings is 1. The van der Waals surface area contributed by atoms with Crippen LogP contribution in [0.25, 0.3) is 11.1 Å². The van der Waals surface area contributed by atoms with Crippen molar-refractivity contribution in [3.05, 3.63) is 54.5 Å². The monoisotopic (exact) mass is 767 g/mol. The lowest BCUT2D eigenvalue weighted by Gasteiger charge is -2.42. The maximum absolute atomic E-state index is 6.50. The van der Waals surface area contributed by atoms with Crippen molar-refractivity contribution in [3.8, 4) is 22.8 Å². The van der Waals surface area contributed by atoms with E-state index in [1.165, 1.54) is 6.33 Å². The van der Waals surface area contributed by atoms with Crippen LogP contribution in [0.3, 0.4) is 0 Å². The molecule has 3 atom stereocenters. The Kier molecular flexibility index (Phi) is 14.9. The molecule has 16 heteroatoms. The molecule has 1 saturated heterocycles. The average Bonchev–Trinajstić information content (AvgIpc) is 3.83. The Hall–Kier alpha value is -3.86. The van der Waals surface area contributed by atoms with Crippen LogP contribution in [0.15, 0.2) is 49.4 Å². The highest BCUT2D eigenvalue weighted by Gasteiger charge is 2.32. The number of anilines is 2. The van der Waals surface area contributed by atoms with Crippen LogP contribution in [0.2, 0.25) is 5.02 Å². The Bertz CT molecular complexity index is 1680. The molecule has 0 radical (unpaired) electrons. The van der Waals surface area contributed by atoms with Gasteiger partial charge in [0.25, 0.3) is 5.88 Å². The number of methoxy groups -OCH3 is 1. The molecule has 15 nitrogen and oxygen atoms in total. The Labute approximate surface area is 322 Å². The van der Waals surface area contributed by atoms with Crippen LogP contribution in [-0.4, -0.2) is 124 Å². The summed E-state index contributed by atoms with van der Waals surface area (Å²) in [4.78, 5) is 15.9. The number of halogens is 1. The summed E-state index contributed by atoms with van der Waals surface area (Å²) in [5, 5.41) is 13.0. The minimum atomic E-state index is -0.176. The summed E-state index contributed by atoms with van der Waals surface area (Å²) in [5.41, 5.74) is 2.42. The maximum Gasteiger partial charge on any atom is 0.256 e. The van der Waals surface area contributed by atoms with E-state index < -0.39 is 0 Å². The molecule has 1 saturated carbocycles. The minimum absolute atomic E-state index is 0.176. The Morgan fingerprint density at radius 1 is 0.926 bits per heavy atom. The molecule has 3 aromatic heterocycles. The lowest BCUT2D eigenvalue weighted by atomic mass is 9.89. The first-order valence-electron chi connectivity index (χ1n) is 19.0. The Morgan fingerprint density at radius 2 is 1.65 bits per heavy atom. The van der Waals surface area contributed by atoms with Gasteiger partial charge in [-0.15, -0.1) is 5.10 Å². The van der Waals surface area contributed by atoms with Crippen LogP contribution >= 0.6 is 11.6 Å². The Morgan fingerprint density at radius 3 is 2.37 bits per heavy atom. The van der Waals surface area contributed by atoms with Gasteiger partial charge in [-0.2, -0.15) is 5.10 Å². The summed E-state index contributed by atoms with van der Waals surface area (Å²) < 4.78 is 38.3. The molecule has 1 aliphatic carbocycles. The SMILES string of the molecule is COCCOCCOCCCOc1nn(C2CCC(N3C[C@@H](C)O[C@@H](C)C3)CC2)cc1Nc1ncc(-c2ccc(Cl)c(OC(C)Cn3cncn3)c2)cn1. The summed E-state index contributed by atoms with van der Waals surface area (Å²) in [6.07, 6.45) is 14.1. The molecule has 2 aliphatic rings. The van der Waals surface area contributed by atoms with E-state index in [1.807, 2.05) is 31.3 Å². The van der Waals surface area contributed by atoms with Gasteiger partial charge < -0.3 is 33.7 Å². The molecule has 54 heavy (non-hydrogen) atoms. The number of nitrogens with one attached hydrogen (secondary N) is 1. The fraction of sp³-hybridized carbons (Fsp3) is 0.605. The quantitative estimate of drug-likeness (QED) is 0.108. The van der Waals surface area contributed by atoms with Crippen molar-refractivity contribution in [3.63, 3.8) is 0 Å². The molecule has 294 valence electrons. The zero-order valence-corrected chi connectivity index (χ0v) is 32.6. The van der Waals surface area contributed by atoms with Crippen LogP contribution in [0.1, 0.15) is 58.9 Å². The zero-order chi connectivity index (χ0) is 37.7. The van der Waals surface area contributed by atoms with Crippen molar-refractivity contribution in [2.75, 3.05) is 65.2 Å². The maximum atomic E-state index is 6.50. The van der Waals surface area contributed by atoms with Gasteiger partial charge in [-0.1, -0.05) is 17.7 Å². The molecule has 6 rings (SSSR count). The van der Waals surface area contributed by atoms with Gasteiger partial charge >= 0.3 is 0 Å². The highest BCUT2D eigenvalue weighted by atomic mass is 35.5. The lowest BCUT2D eigenvalue weighted by molar-refractivity contribution is -0.0852. The molecule has 2 fully saturated rings. The first kappa shape index (κ1) is 39.8. The molecular formula is C38H54ClN9O6. The summed E-state index contributed by atoms with van der Waals surface area (Å²) in [6.45, 7) is 12.0. The second kappa shape index (κ2) is 20.2. The van der Waals surface area contributed by atoms with E-state index in [9.17, 15) is 0 Å². The highest BCUT2D eigenvalue weighted by molar-refractivity contribution is 6.32. The second-order valence-electron chi connectivity index (χ2n) is 14.0. The van der Waals surface area contributed by atoms with Gasteiger partial charge in [-0.3, -0.25) is 9.58 Å². The number of hydrogen-bond acceptors (Lipinski definition) is 13. The van der Waals surface area contributed by atoms with Crippen LogP contribution < -0.4 is 14.8 Å². The summed E-state index contributed by atoms with van der Waals surface area (Å²) in [6, 6.07) is 6.49. The highest BCUT2D eigenvalue weighted by Crippen LogP contribution is 2.36. The van der Waals surface area contributed by atoms with Crippen molar-refractivity contribution >= 4 is 23.2 Å².